The van der Waals surface area contributed by atoms with Crippen molar-refractivity contribution in [3.05, 3.63) is 158 Å². The summed E-state index contributed by atoms with van der Waals surface area (Å²) >= 11 is 13.7. The summed E-state index contributed by atoms with van der Waals surface area (Å²) in [6, 6.07) is 25.6. The monoisotopic (exact) mass is 778 g/mol. The minimum Gasteiger partial charge on any atom is -0.507 e. The van der Waals surface area contributed by atoms with Gasteiger partial charge < -0.3 is 19.7 Å². The van der Waals surface area contributed by atoms with Crippen molar-refractivity contribution in [1.29, 1.82) is 0 Å². The summed E-state index contributed by atoms with van der Waals surface area (Å²) in [6.07, 6.45) is 6.26. The number of aromatic nitrogens is 2. The van der Waals surface area contributed by atoms with Gasteiger partial charge in [-0.05, 0) is 66.4 Å². The summed E-state index contributed by atoms with van der Waals surface area (Å²) in [6.45, 7) is 3.71. The summed E-state index contributed by atoms with van der Waals surface area (Å²) in [5.41, 5.74) is 3.30. The van der Waals surface area contributed by atoms with Crippen LogP contribution in [0, 0.1) is 13.8 Å². The van der Waals surface area contributed by atoms with Gasteiger partial charge in [0.2, 0.25) is 0 Å². The van der Waals surface area contributed by atoms with Gasteiger partial charge in [-0.1, -0.05) is 83.9 Å². The van der Waals surface area contributed by atoms with E-state index in [1.807, 2.05) is 38.1 Å². The quantitative estimate of drug-likeness (QED) is 0.134. The number of phenolic OH excluding ortho intramolecular Hbond substituents is 1. The zero-order valence-corrected chi connectivity index (χ0v) is 31.1. The van der Waals surface area contributed by atoms with Gasteiger partial charge in [0.25, 0.3) is 0 Å². The molecule has 0 unspecified atom stereocenters. The molecule has 0 spiro atoms. The molecule has 0 saturated carbocycles. The minimum absolute atomic E-state index is 0.0343. The number of carboxylic acids is 2. The van der Waals surface area contributed by atoms with Crippen LogP contribution in [-0.4, -0.2) is 37.2 Å². The van der Waals surface area contributed by atoms with Gasteiger partial charge in [-0.15, -0.1) is 0 Å². The highest BCUT2D eigenvalue weighted by Gasteiger charge is 2.34. The van der Waals surface area contributed by atoms with Crippen molar-refractivity contribution in [2.45, 2.75) is 13.8 Å². The third kappa shape index (κ3) is 5.85. The van der Waals surface area contributed by atoms with Gasteiger partial charge in [0, 0.05) is 69.1 Å². The Morgan fingerprint density at radius 3 is 1.79 bits per heavy atom. The fourth-order valence-corrected chi connectivity index (χ4v) is 7.92. The number of fused-ring (bicyclic) bond motifs is 2. The molecular formula is C45H28Cl2N2O7. The first-order valence-electron chi connectivity index (χ1n) is 17.2. The van der Waals surface area contributed by atoms with Crippen LogP contribution in [0.4, 0.5) is 0 Å². The Morgan fingerprint density at radius 2 is 1.23 bits per heavy atom. The Bertz CT molecular complexity index is 2950. The topological polar surface area (TPSA) is 151 Å². The number of carbonyl (C=O) groups is 2. The normalized spacial score (nSPS) is 11.3. The van der Waals surface area contributed by atoms with Crippen molar-refractivity contribution in [2.24, 2.45) is 0 Å². The number of benzene rings is 5. The number of aromatic hydroxyl groups is 1. The molecule has 0 amide bonds. The number of nitrogens with zero attached hydrogens (tertiary/aromatic N) is 2. The Balaban J connectivity index is 1.74. The summed E-state index contributed by atoms with van der Waals surface area (Å²) < 4.78 is 6.95. The molecule has 56 heavy (non-hydrogen) atoms. The molecule has 0 atom stereocenters. The highest BCUT2D eigenvalue weighted by Crippen LogP contribution is 2.54. The van der Waals surface area contributed by atoms with Gasteiger partial charge in [0.1, 0.15) is 17.1 Å². The number of rotatable bonds is 7. The number of halogens is 2. The number of hydrogen-bond donors (Lipinski definition) is 3. The molecule has 6 aromatic rings. The van der Waals surface area contributed by atoms with Gasteiger partial charge in [0.05, 0.1) is 32.3 Å². The van der Waals surface area contributed by atoms with Crippen LogP contribution in [0.1, 0.15) is 31.8 Å². The minimum atomic E-state index is -1.48. The molecule has 274 valence electrons. The Hall–Kier alpha value is -6.81. The number of hydrogen-bond acceptors (Lipinski definition) is 7. The molecule has 3 heterocycles. The second-order valence-corrected chi connectivity index (χ2v) is 14.0. The molecule has 1 aliphatic carbocycles. The number of aryl methyl sites for hydroxylation is 2. The van der Waals surface area contributed by atoms with Crippen molar-refractivity contribution >= 4 is 46.1 Å². The summed E-state index contributed by atoms with van der Waals surface area (Å²) in [4.78, 5) is 49.4. The van der Waals surface area contributed by atoms with E-state index in [0.29, 0.717) is 27.8 Å². The Kier molecular flexibility index (Phi) is 9.12. The zero-order chi connectivity index (χ0) is 39.4. The van der Waals surface area contributed by atoms with Crippen molar-refractivity contribution in [1.82, 2.24) is 9.97 Å². The van der Waals surface area contributed by atoms with Crippen molar-refractivity contribution in [3.8, 4) is 72.7 Å². The van der Waals surface area contributed by atoms with Crippen LogP contribution in [-0.2, 0) is 0 Å². The summed E-state index contributed by atoms with van der Waals surface area (Å²) in [7, 11) is 0. The lowest BCUT2D eigenvalue weighted by Gasteiger charge is -2.24. The number of phenols is 1. The van der Waals surface area contributed by atoms with Crippen LogP contribution < -0.4 is 5.43 Å². The first-order chi connectivity index (χ1) is 27.0. The molecule has 0 fully saturated rings. The highest BCUT2D eigenvalue weighted by molar-refractivity contribution is 6.41. The molecule has 0 saturated heterocycles. The first kappa shape index (κ1) is 36.2. The third-order valence-electron chi connectivity index (χ3n) is 9.91. The third-order valence-corrected chi connectivity index (χ3v) is 10.6. The van der Waals surface area contributed by atoms with Gasteiger partial charge in [0.15, 0.2) is 5.43 Å². The summed E-state index contributed by atoms with van der Waals surface area (Å²) in [5, 5.41) is 32.9. The lowest BCUT2D eigenvalue weighted by Crippen LogP contribution is -2.13. The number of aromatic carboxylic acids is 2. The van der Waals surface area contributed by atoms with Crippen molar-refractivity contribution < 1.29 is 29.3 Å². The van der Waals surface area contributed by atoms with Crippen LogP contribution in [0.15, 0.2) is 125 Å². The molecule has 3 N–H and O–H groups in total. The van der Waals surface area contributed by atoms with Gasteiger partial charge in [-0.2, -0.15) is 0 Å². The van der Waals surface area contributed by atoms with Crippen molar-refractivity contribution in [3.63, 3.8) is 0 Å². The SMILES string of the molecule is Cc1ccccc1-c1c2oc3c(-c4ccccc4C)c(O)c(-c4cccnc4)cc3c(-c3c(Cl)c(C(=O)O)cc(Cl)c3C(=O)O)c-2cc(-c2cccnc2)c1=O. The molecular weight excluding hydrogens is 751 g/mol. The van der Waals surface area contributed by atoms with Crippen LogP contribution in [0.2, 0.25) is 10.0 Å². The maximum absolute atomic E-state index is 14.9. The lowest BCUT2D eigenvalue weighted by molar-refractivity contribution is 0.0682. The van der Waals surface area contributed by atoms with Crippen molar-refractivity contribution in [2.75, 3.05) is 0 Å². The average molecular weight is 780 g/mol. The predicted molar refractivity (Wildman–Crippen MR) is 217 cm³/mol. The van der Waals surface area contributed by atoms with Crippen LogP contribution in [0.3, 0.4) is 0 Å². The Morgan fingerprint density at radius 1 is 0.643 bits per heavy atom. The molecule has 0 bridgehead atoms. The smallest absolute Gasteiger partial charge is 0.337 e. The highest BCUT2D eigenvalue weighted by atomic mass is 35.5. The van der Waals surface area contributed by atoms with E-state index in [2.05, 4.69) is 9.97 Å². The maximum atomic E-state index is 14.9. The summed E-state index contributed by atoms with van der Waals surface area (Å²) in [5.74, 6) is -3.07. The molecule has 2 aliphatic rings. The van der Waals surface area contributed by atoms with E-state index in [1.165, 1.54) is 6.20 Å². The van der Waals surface area contributed by atoms with Crippen LogP contribution in [0.25, 0.3) is 77.9 Å². The predicted octanol–water partition coefficient (Wildman–Crippen LogP) is 11.0. The maximum Gasteiger partial charge on any atom is 0.337 e. The van der Waals surface area contributed by atoms with Crippen LogP contribution >= 0.6 is 23.2 Å². The van der Waals surface area contributed by atoms with E-state index in [0.717, 1.165) is 17.2 Å². The molecule has 0 radical (unpaired) electrons. The standard InChI is InChI=1S/C45H28Cl2N2O7/c1-22-9-3-5-13-26(22)35-40(50)28(24-11-7-15-48-20-24)17-30-34(38-37(45(54)55)33(46)19-32(39(38)47)44(52)53)31-18-29(25-12-8-16-49-21-25)41(51)36(43(31)56-42(30)35)27-14-6-4-10-23(27)2/h3-21,50H,1-2H3,(H,52,53)(H,54,55). The fourth-order valence-electron chi connectivity index (χ4n) is 7.31. The first-order valence-corrected chi connectivity index (χ1v) is 18.0. The van der Waals surface area contributed by atoms with E-state index >= 15 is 0 Å². The molecule has 11 heteroatoms. The van der Waals surface area contributed by atoms with E-state index in [1.54, 1.807) is 79.3 Å². The molecule has 8 rings (SSSR count). The Labute approximate surface area is 329 Å². The lowest BCUT2D eigenvalue weighted by atomic mass is 9.82. The average Bonchev–Trinajstić information content (AvgIpc) is 3.19. The van der Waals surface area contributed by atoms with E-state index in [-0.39, 0.29) is 60.9 Å². The molecule has 1 aliphatic heterocycles. The number of pyridine rings is 2. The second kappa shape index (κ2) is 14.1. The number of carboxylic acid groups (broad SMARTS) is 2. The van der Waals surface area contributed by atoms with Crippen LogP contribution in [0.5, 0.6) is 5.75 Å². The van der Waals surface area contributed by atoms with E-state index < -0.39 is 33.5 Å². The second-order valence-electron chi connectivity index (χ2n) is 13.2. The fraction of sp³-hybridized carbons (Fsp3) is 0.0444. The van der Waals surface area contributed by atoms with Gasteiger partial charge in [-0.25, -0.2) is 9.59 Å². The largest absolute Gasteiger partial charge is 0.507 e. The molecule has 2 aromatic heterocycles. The zero-order valence-electron chi connectivity index (χ0n) is 29.6. The molecule has 9 nitrogen and oxygen atoms in total. The van der Waals surface area contributed by atoms with E-state index in [9.17, 15) is 29.7 Å². The molecule has 4 aromatic carbocycles. The van der Waals surface area contributed by atoms with Gasteiger partial charge >= 0.3 is 11.9 Å². The van der Waals surface area contributed by atoms with Gasteiger partial charge in [-0.3, -0.25) is 14.8 Å². The van der Waals surface area contributed by atoms with E-state index in [4.69, 9.17) is 27.6 Å².